The van der Waals surface area contributed by atoms with Crippen LogP contribution < -0.4 is 15.9 Å². The van der Waals surface area contributed by atoms with Gasteiger partial charge in [-0.05, 0) is 32.0 Å². The van der Waals surface area contributed by atoms with Crippen molar-refractivity contribution in [3.05, 3.63) is 40.3 Å². The molecule has 9 heteroatoms. The van der Waals surface area contributed by atoms with E-state index < -0.39 is 5.91 Å². The van der Waals surface area contributed by atoms with E-state index in [0.717, 1.165) is 23.1 Å². The number of carbonyl (C=O) groups is 1. The molecule has 0 radical (unpaired) electrons. The van der Waals surface area contributed by atoms with E-state index in [2.05, 4.69) is 33.7 Å². The van der Waals surface area contributed by atoms with Crippen LogP contribution in [-0.2, 0) is 0 Å². The molecule has 3 aromatic rings. The summed E-state index contributed by atoms with van der Waals surface area (Å²) >= 11 is 1.44. The Bertz CT molecular complexity index is 977. The summed E-state index contributed by atoms with van der Waals surface area (Å²) in [5.74, 6) is -0.262. The fraction of sp³-hybridized carbons (Fsp3) is 0.250. The monoisotopic (exact) mass is 359 g/mol. The van der Waals surface area contributed by atoms with Crippen LogP contribution in [0.15, 0.2) is 29.2 Å². The van der Waals surface area contributed by atoms with Gasteiger partial charge in [0, 0.05) is 18.7 Å². The van der Waals surface area contributed by atoms with Gasteiger partial charge in [-0.3, -0.25) is 14.8 Å². The van der Waals surface area contributed by atoms with Gasteiger partial charge in [0.25, 0.3) is 11.5 Å². The minimum absolute atomic E-state index is 0.215. The highest BCUT2D eigenvalue weighted by atomic mass is 32.1. The van der Waals surface area contributed by atoms with Crippen LogP contribution >= 0.6 is 11.3 Å². The number of rotatable bonds is 5. The van der Waals surface area contributed by atoms with Crippen molar-refractivity contribution in [3.8, 4) is 10.7 Å². The van der Waals surface area contributed by atoms with Crippen molar-refractivity contribution in [2.75, 3.05) is 18.0 Å². The van der Waals surface area contributed by atoms with Crippen molar-refractivity contribution >= 4 is 33.3 Å². The van der Waals surface area contributed by atoms with Crippen LogP contribution in [0.2, 0.25) is 0 Å². The van der Waals surface area contributed by atoms with Gasteiger partial charge >= 0.3 is 0 Å². The van der Waals surface area contributed by atoms with Gasteiger partial charge in [-0.1, -0.05) is 11.3 Å². The molecule has 1 amide bonds. The molecule has 0 saturated heterocycles. The van der Waals surface area contributed by atoms with Crippen molar-refractivity contribution in [1.82, 2.24) is 20.4 Å². The Hall–Kier alpha value is -2.78. The number of anilines is 1. The molecule has 2 heterocycles. The molecule has 8 nitrogen and oxygen atoms in total. The van der Waals surface area contributed by atoms with Crippen LogP contribution in [-0.4, -0.2) is 39.2 Å². The normalized spacial score (nSPS) is 10.8. The second-order valence-corrected chi connectivity index (χ2v) is 6.28. The maximum atomic E-state index is 12.3. The molecule has 0 bridgehead atoms. The number of aromatic amines is 1. The maximum absolute atomic E-state index is 12.3. The van der Waals surface area contributed by atoms with Crippen molar-refractivity contribution in [2.24, 2.45) is 0 Å². The molecule has 0 atom stereocenters. The van der Waals surface area contributed by atoms with Gasteiger partial charge in [0.15, 0.2) is 11.0 Å². The van der Waals surface area contributed by atoms with E-state index in [9.17, 15) is 9.59 Å². The van der Waals surface area contributed by atoms with E-state index in [1.165, 1.54) is 29.5 Å². The summed E-state index contributed by atoms with van der Waals surface area (Å²) in [4.78, 5) is 38.3. The number of hydrogen-bond donors (Lipinski definition) is 3. The van der Waals surface area contributed by atoms with Gasteiger partial charge in [-0.15, -0.1) is 0 Å². The molecule has 3 rings (SSSR count). The smallest absolute Gasteiger partial charge is 0.274 e. The summed E-state index contributed by atoms with van der Waals surface area (Å²) in [7, 11) is 0. The summed E-state index contributed by atoms with van der Waals surface area (Å²) < 4.78 is 0. The van der Waals surface area contributed by atoms with Crippen LogP contribution in [0.3, 0.4) is 0 Å². The molecule has 1 aromatic carbocycles. The highest BCUT2D eigenvalue weighted by molar-refractivity contribution is 7.18. The Kier molecular flexibility index (Phi) is 4.77. The van der Waals surface area contributed by atoms with Gasteiger partial charge in [0.05, 0.1) is 22.0 Å². The quantitative estimate of drug-likeness (QED) is 0.475. The minimum Gasteiger partial charge on any atom is -0.349 e. The molecule has 3 N–H and O–H groups in total. The second kappa shape index (κ2) is 6.99. The number of fused-ring (bicyclic) bond motifs is 1. The van der Waals surface area contributed by atoms with Crippen LogP contribution in [0.4, 0.5) is 5.13 Å². The molecule has 0 aliphatic carbocycles. The van der Waals surface area contributed by atoms with E-state index >= 15 is 0 Å². The summed E-state index contributed by atoms with van der Waals surface area (Å²) in [6, 6.07) is 4.42. The average Bonchev–Trinajstić information content (AvgIpc) is 3.11. The first-order valence-corrected chi connectivity index (χ1v) is 8.58. The molecule has 0 spiro atoms. The first-order valence-electron chi connectivity index (χ1n) is 7.77. The molecule has 130 valence electrons. The van der Waals surface area contributed by atoms with Gasteiger partial charge in [-0.25, -0.2) is 15.4 Å². The van der Waals surface area contributed by atoms with E-state index in [1.807, 2.05) is 0 Å². The van der Waals surface area contributed by atoms with Crippen molar-refractivity contribution in [2.45, 2.75) is 13.8 Å². The Morgan fingerprint density at radius 2 is 2.12 bits per heavy atom. The number of nitrogens with zero attached hydrogens (tertiary/aromatic N) is 3. The molecule has 25 heavy (non-hydrogen) atoms. The molecule has 0 unspecified atom stereocenters. The lowest BCUT2D eigenvalue weighted by atomic mass is 10.1. The Balaban J connectivity index is 2.08. The van der Waals surface area contributed by atoms with Crippen LogP contribution in [0.5, 0.6) is 0 Å². The van der Waals surface area contributed by atoms with Gasteiger partial charge < -0.3 is 9.88 Å². The van der Waals surface area contributed by atoms with Crippen molar-refractivity contribution < 1.29 is 10.0 Å². The number of nitrogens with one attached hydrogen (secondary N) is 2. The molecular formula is C16H17N5O3S. The maximum Gasteiger partial charge on any atom is 0.274 e. The zero-order chi connectivity index (χ0) is 18.0. The molecule has 0 aliphatic heterocycles. The lowest BCUT2D eigenvalue weighted by Gasteiger charge is -2.16. The average molecular weight is 359 g/mol. The summed E-state index contributed by atoms with van der Waals surface area (Å²) in [6.07, 6.45) is 1.67. The van der Waals surface area contributed by atoms with E-state index in [4.69, 9.17) is 5.21 Å². The number of benzene rings is 1. The second-order valence-electron chi connectivity index (χ2n) is 5.27. The number of amides is 1. The number of H-pyrrole nitrogens is 1. The van der Waals surface area contributed by atoms with Crippen LogP contribution in [0.1, 0.15) is 24.2 Å². The molecule has 0 saturated carbocycles. The number of carbonyl (C=O) groups excluding carboxylic acids is 1. The van der Waals surface area contributed by atoms with E-state index in [0.29, 0.717) is 16.7 Å². The third kappa shape index (κ3) is 3.24. The lowest BCUT2D eigenvalue weighted by Crippen LogP contribution is -2.21. The van der Waals surface area contributed by atoms with Crippen LogP contribution in [0.25, 0.3) is 21.6 Å². The number of hydroxylamine groups is 1. The molecule has 0 fully saturated rings. The van der Waals surface area contributed by atoms with Crippen molar-refractivity contribution in [1.29, 1.82) is 0 Å². The minimum atomic E-state index is -0.660. The fourth-order valence-corrected chi connectivity index (χ4v) is 3.46. The largest absolute Gasteiger partial charge is 0.349 e. The number of thiazole rings is 1. The standard InChI is InChI=1S/C16H17N5O3S/c1-3-21(4-2)16-17-8-12(25-16)13-18-11-7-9(14(22)20-24)5-6-10(11)15(23)19-13/h5-8,24H,3-4H2,1-2H3,(H,20,22)(H,18,19,23). The molecular weight excluding hydrogens is 342 g/mol. The molecule has 2 aromatic heterocycles. The fourth-order valence-electron chi connectivity index (χ4n) is 2.48. The Labute approximate surface area is 147 Å². The third-order valence-corrected chi connectivity index (χ3v) is 4.90. The topological polar surface area (TPSA) is 111 Å². The zero-order valence-electron chi connectivity index (χ0n) is 13.7. The van der Waals surface area contributed by atoms with Gasteiger partial charge in [0.1, 0.15) is 0 Å². The zero-order valence-corrected chi connectivity index (χ0v) is 14.6. The summed E-state index contributed by atoms with van der Waals surface area (Å²) in [5, 5.41) is 9.97. The highest BCUT2D eigenvalue weighted by Crippen LogP contribution is 2.29. The SMILES string of the molecule is CCN(CC)c1ncc(-c2nc3cc(C(=O)NO)ccc3c(=O)[nH]2)s1. The van der Waals surface area contributed by atoms with Crippen LogP contribution in [0, 0.1) is 0 Å². The number of aromatic nitrogens is 3. The summed E-state index contributed by atoms with van der Waals surface area (Å²) in [5.41, 5.74) is 1.86. The lowest BCUT2D eigenvalue weighted by molar-refractivity contribution is 0.0706. The van der Waals surface area contributed by atoms with E-state index in [1.54, 1.807) is 11.7 Å². The number of hydrogen-bond acceptors (Lipinski definition) is 7. The predicted octanol–water partition coefficient (Wildman–Crippen LogP) is 2.01. The predicted molar refractivity (Wildman–Crippen MR) is 96.3 cm³/mol. The van der Waals surface area contributed by atoms with E-state index in [-0.39, 0.29) is 11.1 Å². The first-order chi connectivity index (χ1) is 12.1. The molecule has 0 aliphatic rings. The third-order valence-electron chi connectivity index (χ3n) is 3.83. The Morgan fingerprint density at radius 1 is 1.36 bits per heavy atom. The Morgan fingerprint density at radius 3 is 2.80 bits per heavy atom. The summed E-state index contributed by atoms with van der Waals surface area (Å²) in [6.45, 7) is 5.78. The highest BCUT2D eigenvalue weighted by Gasteiger charge is 2.13. The van der Waals surface area contributed by atoms with Gasteiger partial charge in [0.2, 0.25) is 0 Å². The first kappa shape index (κ1) is 17.1. The van der Waals surface area contributed by atoms with Crippen molar-refractivity contribution in [3.63, 3.8) is 0 Å². The van der Waals surface area contributed by atoms with Gasteiger partial charge in [-0.2, -0.15) is 0 Å².